The van der Waals surface area contributed by atoms with Gasteiger partial charge in [-0.05, 0) is 36.4 Å². The van der Waals surface area contributed by atoms with Crippen LogP contribution in [0.3, 0.4) is 0 Å². The SMILES string of the molecule is OCC1(F)CCN(c2cncc(N(c3ccccc3)c3ccc(F)cc3)n2)CC1. The molecule has 0 radical (unpaired) electrons. The van der Waals surface area contributed by atoms with Gasteiger partial charge in [0.15, 0.2) is 5.82 Å². The van der Waals surface area contributed by atoms with Gasteiger partial charge in [0.2, 0.25) is 0 Å². The Balaban J connectivity index is 1.67. The lowest BCUT2D eigenvalue weighted by Crippen LogP contribution is -2.44. The molecule has 0 bridgehead atoms. The molecule has 5 nitrogen and oxygen atoms in total. The molecule has 3 aromatic rings. The Labute approximate surface area is 168 Å². The van der Waals surface area contributed by atoms with E-state index in [0.29, 0.717) is 24.7 Å². The maximum Gasteiger partial charge on any atom is 0.158 e. The van der Waals surface area contributed by atoms with Crippen LogP contribution in [-0.2, 0) is 0 Å². The molecule has 150 valence electrons. The number of aliphatic hydroxyl groups is 1. The van der Waals surface area contributed by atoms with E-state index in [4.69, 9.17) is 4.98 Å². The Morgan fingerprint density at radius 3 is 2.28 bits per heavy atom. The molecule has 0 atom stereocenters. The number of rotatable bonds is 5. The molecule has 2 heterocycles. The summed E-state index contributed by atoms with van der Waals surface area (Å²) in [6.45, 7) is 0.451. The van der Waals surface area contributed by atoms with Gasteiger partial charge in [-0.1, -0.05) is 18.2 Å². The normalized spacial score (nSPS) is 15.9. The molecule has 1 fully saturated rings. The maximum absolute atomic E-state index is 14.3. The minimum atomic E-state index is -1.52. The van der Waals surface area contributed by atoms with Gasteiger partial charge in [0, 0.05) is 37.3 Å². The van der Waals surface area contributed by atoms with Gasteiger partial charge in [-0.3, -0.25) is 9.88 Å². The van der Waals surface area contributed by atoms with Gasteiger partial charge < -0.3 is 10.0 Å². The molecule has 1 aliphatic rings. The number of aromatic nitrogens is 2. The van der Waals surface area contributed by atoms with Crippen LogP contribution in [0.1, 0.15) is 12.8 Å². The van der Waals surface area contributed by atoms with Crippen LogP contribution >= 0.6 is 0 Å². The Hall–Kier alpha value is -3.06. The second kappa shape index (κ2) is 8.13. The quantitative estimate of drug-likeness (QED) is 0.693. The summed E-state index contributed by atoms with van der Waals surface area (Å²) in [6.07, 6.45) is 3.80. The molecular weight excluding hydrogens is 374 g/mol. The van der Waals surface area contributed by atoms with Crippen molar-refractivity contribution in [3.63, 3.8) is 0 Å². The summed E-state index contributed by atoms with van der Waals surface area (Å²) >= 11 is 0. The average Bonchev–Trinajstić information content (AvgIpc) is 2.77. The molecule has 0 aliphatic carbocycles. The second-order valence-corrected chi connectivity index (χ2v) is 7.18. The van der Waals surface area contributed by atoms with Crippen molar-refractivity contribution in [2.75, 3.05) is 29.5 Å². The Morgan fingerprint density at radius 2 is 1.62 bits per heavy atom. The third-order valence-electron chi connectivity index (χ3n) is 5.20. The molecule has 0 unspecified atom stereocenters. The van der Waals surface area contributed by atoms with E-state index in [1.165, 1.54) is 12.1 Å². The lowest BCUT2D eigenvalue weighted by molar-refractivity contribution is 0.0480. The van der Waals surface area contributed by atoms with Crippen molar-refractivity contribution < 1.29 is 13.9 Å². The van der Waals surface area contributed by atoms with Crippen molar-refractivity contribution in [3.8, 4) is 0 Å². The number of aliphatic hydroxyl groups excluding tert-OH is 1. The Morgan fingerprint density at radius 1 is 0.966 bits per heavy atom. The molecule has 0 spiro atoms. The van der Waals surface area contributed by atoms with Crippen LogP contribution in [0.5, 0.6) is 0 Å². The van der Waals surface area contributed by atoms with Crippen molar-refractivity contribution in [2.45, 2.75) is 18.5 Å². The predicted octanol–water partition coefficient (Wildman–Crippen LogP) is 4.39. The van der Waals surface area contributed by atoms with E-state index in [1.807, 2.05) is 40.1 Å². The van der Waals surface area contributed by atoms with E-state index in [2.05, 4.69) is 4.98 Å². The molecule has 1 saturated heterocycles. The van der Waals surface area contributed by atoms with E-state index in [1.54, 1.807) is 24.5 Å². The summed E-state index contributed by atoms with van der Waals surface area (Å²) in [6, 6.07) is 15.8. The first kappa shape index (κ1) is 19.3. The zero-order valence-electron chi connectivity index (χ0n) is 15.9. The van der Waals surface area contributed by atoms with Crippen molar-refractivity contribution in [1.29, 1.82) is 0 Å². The largest absolute Gasteiger partial charge is 0.393 e. The van der Waals surface area contributed by atoms with Gasteiger partial charge in [0.1, 0.15) is 17.3 Å². The van der Waals surface area contributed by atoms with Gasteiger partial charge in [0.25, 0.3) is 0 Å². The number of anilines is 4. The van der Waals surface area contributed by atoms with Crippen LogP contribution in [0.25, 0.3) is 0 Å². The average molecular weight is 396 g/mol. The van der Waals surface area contributed by atoms with Crippen molar-refractivity contribution in [3.05, 3.63) is 72.8 Å². The minimum Gasteiger partial charge on any atom is -0.393 e. The van der Waals surface area contributed by atoms with E-state index < -0.39 is 12.3 Å². The predicted molar refractivity (Wildman–Crippen MR) is 109 cm³/mol. The number of benzene rings is 2. The van der Waals surface area contributed by atoms with Gasteiger partial charge >= 0.3 is 0 Å². The van der Waals surface area contributed by atoms with E-state index >= 15 is 0 Å². The van der Waals surface area contributed by atoms with Gasteiger partial charge in [-0.2, -0.15) is 0 Å². The van der Waals surface area contributed by atoms with Gasteiger partial charge in [-0.25, -0.2) is 13.8 Å². The van der Waals surface area contributed by atoms with Gasteiger partial charge in [-0.15, -0.1) is 0 Å². The molecule has 1 aromatic heterocycles. The molecule has 4 rings (SSSR count). The summed E-state index contributed by atoms with van der Waals surface area (Å²) in [5.74, 6) is 0.915. The van der Waals surface area contributed by atoms with Crippen molar-refractivity contribution in [1.82, 2.24) is 9.97 Å². The lowest BCUT2D eigenvalue weighted by atomic mass is 9.94. The monoisotopic (exact) mass is 396 g/mol. The molecule has 29 heavy (non-hydrogen) atoms. The fraction of sp³-hybridized carbons (Fsp3) is 0.273. The smallest absolute Gasteiger partial charge is 0.158 e. The summed E-state index contributed by atoms with van der Waals surface area (Å²) in [7, 11) is 0. The highest BCUT2D eigenvalue weighted by Gasteiger charge is 2.34. The van der Waals surface area contributed by atoms with Crippen LogP contribution in [-0.4, -0.2) is 40.4 Å². The molecule has 1 aliphatic heterocycles. The highest BCUT2D eigenvalue weighted by molar-refractivity contribution is 5.74. The molecule has 1 N–H and O–H groups in total. The first-order chi connectivity index (χ1) is 14.1. The summed E-state index contributed by atoms with van der Waals surface area (Å²) in [4.78, 5) is 13.0. The topological polar surface area (TPSA) is 52.5 Å². The highest BCUT2D eigenvalue weighted by atomic mass is 19.1. The third-order valence-corrected chi connectivity index (χ3v) is 5.20. The Bertz CT molecular complexity index is 945. The zero-order valence-corrected chi connectivity index (χ0v) is 15.9. The van der Waals surface area contributed by atoms with E-state index in [9.17, 15) is 13.9 Å². The number of alkyl halides is 1. The van der Waals surface area contributed by atoms with Gasteiger partial charge in [0.05, 0.1) is 19.0 Å². The first-order valence-electron chi connectivity index (χ1n) is 9.55. The second-order valence-electron chi connectivity index (χ2n) is 7.18. The first-order valence-corrected chi connectivity index (χ1v) is 9.55. The fourth-order valence-electron chi connectivity index (χ4n) is 3.48. The lowest BCUT2D eigenvalue weighted by Gasteiger charge is -2.36. The maximum atomic E-state index is 14.3. The van der Waals surface area contributed by atoms with Crippen LogP contribution in [0, 0.1) is 5.82 Å². The van der Waals surface area contributed by atoms with Crippen LogP contribution < -0.4 is 9.80 Å². The summed E-state index contributed by atoms with van der Waals surface area (Å²) < 4.78 is 27.8. The highest BCUT2D eigenvalue weighted by Crippen LogP contribution is 2.34. The number of halogens is 2. The number of nitrogens with zero attached hydrogens (tertiary/aromatic N) is 4. The number of hydrogen-bond donors (Lipinski definition) is 1. The van der Waals surface area contributed by atoms with Crippen molar-refractivity contribution in [2.24, 2.45) is 0 Å². The van der Waals surface area contributed by atoms with Crippen LogP contribution in [0.15, 0.2) is 67.0 Å². The molecule has 0 amide bonds. The molecule has 2 aromatic carbocycles. The fourth-order valence-corrected chi connectivity index (χ4v) is 3.48. The van der Waals surface area contributed by atoms with Crippen molar-refractivity contribution >= 4 is 23.0 Å². The summed E-state index contributed by atoms with van der Waals surface area (Å²) in [5.41, 5.74) is 0.101. The number of hydrogen-bond acceptors (Lipinski definition) is 5. The zero-order chi connectivity index (χ0) is 20.3. The summed E-state index contributed by atoms with van der Waals surface area (Å²) in [5, 5.41) is 9.24. The minimum absolute atomic E-state index is 0.246. The Kier molecular flexibility index (Phi) is 5.40. The van der Waals surface area contributed by atoms with Crippen LogP contribution in [0.2, 0.25) is 0 Å². The molecule has 7 heteroatoms. The molecule has 0 saturated carbocycles. The third kappa shape index (κ3) is 4.19. The van der Waals surface area contributed by atoms with E-state index in [0.717, 1.165) is 11.4 Å². The number of para-hydroxylation sites is 1. The van der Waals surface area contributed by atoms with Crippen LogP contribution in [0.4, 0.5) is 31.8 Å². The van der Waals surface area contributed by atoms with E-state index in [-0.39, 0.29) is 18.7 Å². The molecular formula is C22H22F2N4O. The number of piperidine rings is 1. The standard InChI is InChI=1S/C22H22F2N4O/c23-17-6-8-19(9-7-17)28(18-4-2-1-3-5-18)21-15-25-14-20(26-21)27-12-10-22(24,16-29)11-13-27/h1-9,14-15,29H,10-13,16H2.